The van der Waals surface area contributed by atoms with Gasteiger partial charge in [0.2, 0.25) is 0 Å². The molecule has 2 aliphatic rings. The molecule has 0 aromatic heterocycles. The predicted molar refractivity (Wildman–Crippen MR) is 70.0 cm³/mol. The summed E-state index contributed by atoms with van der Waals surface area (Å²) in [5, 5.41) is 3.08. The molecule has 1 N–H and O–H groups in total. The molecule has 1 saturated heterocycles. The molecule has 17 heavy (non-hydrogen) atoms. The standard InChI is InChI=1S/C14H26N2O/c1-3-4-9-15-14(17)16-11(2)10-12-7-5-6-8-13(12)16/h11-13H,3-10H2,1-2H3,(H,15,17)/t11-,12+,13-/m1/s1. The molecule has 0 radical (unpaired) electrons. The van der Waals surface area contributed by atoms with E-state index >= 15 is 0 Å². The number of likely N-dealkylation sites (tertiary alicyclic amines) is 1. The summed E-state index contributed by atoms with van der Waals surface area (Å²) >= 11 is 0. The first-order chi connectivity index (χ1) is 8.24. The van der Waals surface area contributed by atoms with Crippen LogP contribution in [0.1, 0.15) is 58.8 Å². The molecule has 98 valence electrons. The Labute approximate surface area is 105 Å². The Bertz CT molecular complexity index is 267. The second kappa shape index (κ2) is 5.74. The first kappa shape index (κ1) is 12.7. The molecule has 0 aromatic carbocycles. The Morgan fingerprint density at radius 3 is 2.88 bits per heavy atom. The molecule has 1 aliphatic heterocycles. The minimum absolute atomic E-state index is 0.181. The number of hydrogen-bond donors (Lipinski definition) is 1. The molecule has 3 heteroatoms. The van der Waals surface area contributed by atoms with Crippen LogP contribution in [0.5, 0.6) is 0 Å². The molecule has 1 aliphatic carbocycles. The fourth-order valence-corrected chi connectivity index (χ4v) is 3.52. The molecule has 0 spiro atoms. The van der Waals surface area contributed by atoms with Gasteiger partial charge in [0, 0.05) is 18.6 Å². The van der Waals surface area contributed by atoms with Crippen molar-refractivity contribution >= 4 is 6.03 Å². The van der Waals surface area contributed by atoms with E-state index in [9.17, 15) is 4.79 Å². The minimum atomic E-state index is 0.181. The molecule has 3 nitrogen and oxygen atoms in total. The number of carbonyl (C=O) groups excluding carboxylic acids is 1. The number of carbonyl (C=O) groups is 1. The SMILES string of the molecule is CCCCNC(=O)N1[C@H](C)C[C@@H]2CCCC[C@H]21. The minimum Gasteiger partial charge on any atom is -0.338 e. The Morgan fingerprint density at radius 1 is 1.35 bits per heavy atom. The molecule has 2 amide bonds. The third kappa shape index (κ3) is 2.75. The van der Waals surface area contributed by atoms with Crippen molar-refractivity contribution in [2.24, 2.45) is 5.92 Å². The van der Waals surface area contributed by atoms with Gasteiger partial charge in [-0.2, -0.15) is 0 Å². The number of amides is 2. The molecule has 1 heterocycles. The molecule has 2 fully saturated rings. The molecule has 0 bridgehead atoms. The van der Waals surface area contributed by atoms with Gasteiger partial charge in [0.05, 0.1) is 0 Å². The third-order valence-electron chi connectivity index (χ3n) is 4.39. The third-order valence-corrected chi connectivity index (χ3v) is 4.39. The lowest BCUT2D eigenvalue weighted by Crippen LogP contribution is -2.47. The van der Waals surface area contributed by atoms with Crippen molar-refractivity contribution in [1.82, 2.24) is 10.2 Å². The van der Waals surface area contributed by atoms with Gasteiger partial charge in [-0.05, 0) is 38.5 Å². The lowest BCUT2D eigenvalue weighted by molar-refractivity contribution is 0.156. The Kier molecular flexibility index (Phi) is 4.30. The highest BCUT2D eigenvalue weighted by atomic mass is 16.2. The van der Waals surface area contributed by atoms with Crippen LogP contribution in [0, 0.1) is 5.92 Å². The highest BCUT2D eigenvalue weighted by Gasteiger charge is 2.42. The zero-order chi connectivity index (χ0) is 12.3. The topological polar surface area (TPSA) is 32.3 Å². The van der Waals surface area contributed by atoms with E-state index in [1.54, 1.807) is 0 Å². The summed E-state index contributed by atoms with van der Waals surface area (Å²) in [5.41, 5.74) is 0. The molecule has 3 atom stereocenters. The fraction of sp³-hybridized carbons (Fsp3) is 0.929. The maximum Gasteiger partial charge on any atom is 0.317 e. The number of rotatable bonds is 3. The first-order valence-corrected chi connectivity index (χ1v) is 7.30. The zero-order valence-corrected chi connectivity index (χ0v) is 11.2. The van der Waals surface area contributed by atoms with E-state index in [1.165, 1.54) is 32.1 Å². The van der Waals surface area contributed by atoms with Crippen molar-refractivity contribution in [3.63, 3.8) is 0 Å². The van der Waals surface area contributed by atoms with E-state index in [4.69, 9.17) is 0 Å². The van der Waals surface area contributed by atoms with Crippen LogP contribution in [0.2, 0.25) is 0 Å². The van der Waals surface area contributed by atoms with Crippen LogP contribution in [-0.2, 0) is 0 Å². The van der Waals surface area contributed by atoms with Gasteiger partial charge in [-0.15, -0.1) is 0 Å². The number of fused-ring (bicyclic) bond motifs is 1. The lowest BCUT2D eigenvalue weighted by atomic mass is 9.85. The number of unbranched alkanes of at least 4 members (excludes halogenated alkanes) is 1. The molecular formula is C14H26N2O. The Balaban J connectivity index is 1.91. The highest BCUT2D eigenvalue weighted by Crippen LogP contribution is 2.39. The van der Waals surface area contributed by atoms with Crippen LogP contribution in [0.25, 0.3) is 0 Å². The Hall–Kier alpha value is -0.730. The maximum atomic E-state index is 12.2. The molecule has 1 saturated carbocycles. The van der Waals surface area contributed by atoms with E-state index < -0.39 is 0 Å². The number of nitrogens with one attached hydrogen (secondary N) is 1. The van der Waals surface area contributed by atoms with E-state index in [1.807, 2.05) is 0 Å². The number of urea groups is 1. The van der Waals surface area contributed by atoms with Gasteiger partial charge in [0.15, 0.2) is 0 Å². The highest BCUT2D eigenvalue weighted by molar-refractivity contribution is 5.75. The van der Waals surface area contributed by atoms with Gasteiger partial charge in [0.25, 0.3) is 0 Å². The van der Waals surface area contributed by atoms with Gasteiger partial charge in [-0.3, -0.25) is 0 Å². The van der Waals surface area contributed by atoms with Gasteiger partial charge in [-0.1, -0.05) is 26.2 Å². The summed E-state index contributed by atoms with van der Waals surface area (Å²) in [5.74, 6) is 0.774. The summed E-state index contributed by atoms with van der Waals surface area (Å²) in [6.07, 6.45) is 8.64. The molecular weight excluding hydrogens is 212 g/mol. The number of nitrogens with zero attached hydrogens (tertiary/aromatic N) is 1. The van der Waals surface area contributed by atoms with Crippen molar-refractivity contribution in [1.29, 1.82) is 0 Å². The number of hydrogen-bond acceptors (Lipinski definition) is 1. The average molecular weight is 238 g/mol. The lowest BCUT2D eigenvalue weighted by Gasteiger charge is -2.33. The second-order valence-electron chi connectivity index (χ2n) is 5.69. The smallest absolute Gasteiger partial charge is 0.317 e. The van der Waals surface area contributed by atoms with Gasteiger partial charge in [-0.25, -0.2) is 4.79 Å². The summed E-state index contributed by atoms with van der Waals surface area (Å²) < 4.78 is 0. The van der Waals surface area contributed by atoms with Crippen LogP contribution in [0.15, 0.2) is 0 Å². The zero-order valence-electron chi connectivity index (χ0n) is 11.2. The van der Waals surface area contributed by atoms with Crippen molar-refractivity contribution < 1.29 is 4.79 Å². The van der Waals surface area contributed by atoms with Crippen LogP contribution >= 0.6 is 0 Å². The summed E-state index contributed by atoms with van der Waals surface area (Å²) in [6.45, 7) is 5.19. The van der Waals surface area contributed by atoms with Crippen molar-refractivity contribution in [3.05, 3.63) is 0 Å². The summed E-state index contributed by atoms with van der Waals surface area (Å²) in [7, 11) is 0. The molecule has 0 aromatic rings. The first-order valence-electron chi connectivity index (χ1n) is 7.30. The monoisotopic (exact) mass is 238 g/mol. The van der Waals surface area contributed by atoms with E-state index in [0.717, 1.165) is 25.3 Å². The normalized spacial score (nSPS) is 32.4. The van der Waals surface area contributed by atoms with Gasteiger partial charge >= 0.3 is 6.03 Å². The maximum absolute atomic E-state index is 12.2. The van der Waals surface area contributed by atoms with Crippen molar-refractivity contribution in [3.8, 4) is 0 Å². The van der Waals surface area contributed by atoms with Crippen LogP contribution in [0.3, 0.4) is 0 Å². The van der Waals surface area contributed by atoms with E-state index in [2.05, 4.69) is 24.1 Å². The second-order valence-corrected chi connectivity index (χ2v) is 5.69. The van der Waals surface area contributed by atoms with Gasteiger partial charge in [0.1, 0.15) is 0 Å². The predicted octanol–water partition coefficient (Wildman–Crippen LogP) is 3.15. The van der Waals surface area contributed by atoms with E-state index in [-0.39, 0.29) is 6.03 Å². The van der Waals surface area contributed by atoms with Crippen molar-refractivity contribution in [2.45, 2.75) is 70.9 Å². The largest absolute Gasteiger partial charge is 0.338 e. The Morgan fingerprint density at radius 2 is 2.12 bits per heavy atom. The van der Waals surface area contributed by atoms with E-state index in [0.29, 0.717) is 12.1 Å². The molecule has 2 rings (SSSR count). The van der Waals surface area contributed by atoms with Crippen LogP contribution in [0.4, 0.5) is 4.79 Å². The van der Waals surface area contributed by atoms with Gasteiger partial charge < -0.3 is 10.2 Å². The quantitative estimate of drug-likeness (QED) is 0.753. The van der Waals surface area contributed by atoms with Crippen molar-refractivity contribution in [2.75, 3.05) is 6.54 Å². The summed E-state index contributed by atoms with van der Waals surface area (Å²) in [4.78, 5) is 14.3. The van der Waals surface area contributed by atoms with Crippen LogP contribution in [-0.4, -0.2) is 29.6 Å². The summed E-state index contributed by atoms with van der Waals surface area (Å²) in [6, 6.07) is 1.14. The average Bonchev–Trinajstić information content (AvgIpc) is 2.65. The van der Waals surface area contributed by atoms with Crippen LogP contribution < -0.4 is 5.32 Å². The molecule has 0 unspecified atom stereocenters. The fourth-order valence-electron chi connectivity index (χ4n) is 3.52.